The van der Waals surface area contributed by atoms with Crippen LogP contribution < -0.4 is 5.32 Å². The maximum Gasteiger partial charge on any atom is 0.100 e. The van der Waals surface area contributed by atoms with Crippen molar-refractivity contribution in [2.45, 2.75) is 107 Å². The van der Waals surface area contributed by atoms with Crippen LogP contribution in [0.15, 0.2) is 109 Å². The molecular formula is C43H50N4. The van der Waals surface area contributed by atoms with Gasteiger partial charge in [0.2, 0.25) is 0 Å². The van der Waals surface area contributed by atoms with E-state index in [1.807, 2.05) is 12.1 Å². The summed E-state index contributed by atoms with van der Waals surface area (Å²) in [5, 5.41) is 13.7. The predicted octanol–water partition coefficient (Wildman–Crippen LogP) is 8.45. The summed E-state index contributed by atoms with van der Waals surface area (Å²) >= 11 is 0. The van der Waals surface area contributed by atoms with Crippen molar-refractivity contribution in [2.24, 2.45) is 29.6 Å². The molecule has 4 heteroatoms. The highest BCUT2D eigenvalue weighted by Crippen LogP contribution is 2.50. The molecule has 0 spiro atoms. The number of benzene rings is 1. The number of nitrogens with one attached hydrogen (secondary N) is 1. The van der Waals surface area contributed by atoms with Gasteiger partial charge >= 0.3 is 0 Å². The van der Waals surface area contributed by atoms with E-state index in [0.29, 0.717) is 54.0 Å². The zero-order valence-electron chi connectivity index (χ0n) is 27.9. The molecule has 4 nitrogen and oxygen atoms in total. The van der Waals surface area contributed by atoms with Crippen LogP contribution in [0.5, 0.6) is 0 Å². The lowest BCUT2D eigenvalue weighted by Crippen LogP contribution is -2.57. The van der Waals surface area contributed by atoms with Crippen molar-refractivity contribution in [3.8, 4) is 6.07 Å². The minimum Gasteiger partial charge on any atom is -0.356 e. The topological polar surface area (TPSA) is 42.3 Å². The number of rotatable bonds is 4. The highest BCUT2D eigenvalue weighted by atomic mass is 15.4. The van der Waals surface area contributed by atoms with E-state index in [1.54, 1.807) is 5.57 Å². The first kappa shape index (κ1) is 29.6. The number of hydrogen-bond donors (Lipinski definition) is 1. The van der Waals surface area contributed by atoms with Crippen LogP contribution >= 0.6 is 0 Å². The van der Waals surface area contributed by atoms with Crippen molar-refractivity contribution in [1.29, 1.82) is 5.26 Å². The zero-order chi connectivity index (χ0) is 31.5. The summed E-state index contributed by atoms with van der Waals surface area (Å²) < 4.78 is 0. The molecular weight excluding hydrogens is 573 g/mol. The number of nitrogens with zero attached hydrogens (tertiary/aromatic N) is 3. The zero-order valence-corrected chi connectivity index (χ0v) is 27.9. The van der Waals surface area contributed by atoms with Gasteiger partial charge in [0.25, 0.3) is 0 Å². The second-order valence-corrected chi connectivity index (χ2v) is 15.9. The predicted molar refractivity (Wildman–Crippen MR) is 190 cm³/mol. The van der Waals surface area contributed by atoms with E-state index >= 15 is 0 Å². The lowest BCUT2D eigenvalue weighted by Gasteiger charge is -2.47. The van der Waals surface area contributed by atoms with Crippen molar-refractivity contribution >= 4 is 0 Å². The average Bonchev–Trinajstić information content (AvgIpc) is 3.65. The van der Waals surface area contributed by atoms with Gasteiger partial charge in [-0.3, -0.25) is 4.90 Å². The van der Waals surface area contributed by atoms with E-state index < -0.39 is 0 Å². The van der Waals surface area contributed by atoms with Gasteiger partial charge in [0.05, 0.1) is 29.9 Å². The van der Waals surface area contributed by atoms with Crippen molar-refractivity contribution in [3.63, 3.8) is 0 Å². The molecule has 47 heavy (non-hydrogen) atoms. The van der Waals surface area contributed by atoms with E-state index in [2.05, 4.69) is 113 Å². The highest BCUT2D eigenvalue weighted by molar-refractivity contribution is 5.40. The Kier molecular flexibility index (Phi) is 7.46. The maximum absolute atomic E-state index is 9.43. The summed E-state index contributed by atoms with van der Waals surface area (Å²) in [6.07, 6.45) is 42.5. The molecule has 5 aliphatic carbocycles. The Bertz CT molecular complexity index is 1630. The molecule has 3 heterocycles. The van der Waals surface area contributed by atoms with Gasteiger partial charge in [0.1, 0.15) is 5.82 Å². The van der Waals surface area contributed by atoms with E-state index in [1.165, 1.54) is 62.8 Å². The van der Waals surface area contributed by atoms with Gasteiger partial charge in [-0.2, -0.15) is 5.26 Å². The Morgan fingerprint density at radius 3 is 2.40 bits per heavy atom. The second kappa shape index (κ2) is 11.9. The Morgan fingerprint density at radius 2 is 1.57 bits per heavy atom. The van der Waals surface area contributed by atoms with Crippen LogP contribution in [0.2, 0.25) is 0 Å². The molecule has 11 atom stereocenters. The molecule has 1 aromatic rings. The second-order valence-electron chi connectivity index (χ2n) is 15.9. The fourth-order valence-corrected chi connectivity index (χ4v) is 11.3. The molecule has 0 radical (unpaired) electrons. The van der Waals surface area contributed by atoms with E-state index in [9.17, 15) is 5.26 Å². The lowest BCUT2D eigenvalue weighted by atomic mass is 9.70. The summed E-state index contributed by atoms with van der Waals surface area (Å²) in [4.78, 5) is 5.77. The molecule has 0 saturated carbocycles. The SMILES string of the molecule is CC1(c2ccc(C#N)cc2)C=C(C2C=C(N3C4C=CC=CC4C4CCC=CC43)NC(N3C4C=CCCC4C4C=CCCC43)C2)CCC1. The van der Waals surface area contributed by atoms with Gasteiger partial charge in [-0.05, 0) is 106 Å². The third-order valence-corrected chi connectivity index (χ3v) is 13.4. The van der Waals surface area contributed by atoms with E-state index in [-0.39, 0.29) is 5.41 Å². The van der Waals surface area contributed by atoms with Crippen LogP contribution in [0.4, 0.5) is 0 Å². The Morgan fingerprint density at radius 1 is 0.830 bits per heavy atom. The molecule has 9 rings (SSSR count). The number of likely N-dealkylation sites (tertiary alicyclic amines) is 2. The molecule has 2 saturated heterocycles. The first-order chi connectivity index (χ1) is 23.1. The average molecular weight is 623 g/mol. The van der Waals surface area contributed by atoms with Crippen LogP contribution in [-0.4, -0.2) is 40.1 Å². The first-order valence-corrected chi connectivity index (χ1v) is 18.7. The van der Waals surface area contributed by atoms with Crippen LogP contribution in [0.25, 0.3) is 0 Å². The molecule has 242 valence electrons. The number of allylic oxidation sites excluding steroid dienone is 8. The first-order valence-electron chi connectivity index (χ1n) is 18.7. The molecule has 8 aliphatic rings. The van der Waals surface area contributed by atoms with Crippen molar-refractivity contribution < 1.29 is 0 Å². The van der Waals surface area contributed by atoms with Crippen LogP contribution in [0.1, 0.15) is 82.3 Å². The molecule has 0 amide bonds. The summed E-state index contributed by atoms with van der Waals surface area (Å²) in [5.74, 6) is 4.44. The molecule has 1 aromatic carbocycles. The standard InChI is InChI=1S/C43H50N4/c1-43(32-22-20-29(28-44)21-23-32)24-10-11-30(27-43)31-25-41(46-37-16-6-2-12-33(37)34-13-3-7-17-38(34)46)45-42(26-31)47-39-18-8-4-14-35(39)36-15-5-9-19-40(36)47/h2,4,6-7,9,12,14,16-17,19-23,25,27,31,33-40,42,45H,3,5,8,10-11,13,15,18,24,26H2,1H3. The van der Waals surface area contributed by atoms with Crippen molar-refractivity contribution in [3.05, 3.63) is 120 Å². The number of fused-ring (bicyclic) bond motifs is 6. The summed E-state index contributed by atoms with van der Waals surface area (Å²) in [6.45, 7) is 2.43. The monoisotopic (exact) mass is 622 g/mol. The quantitative estimate of drug-likeness (QED) is 0.342. The van der Waals surface area contributed by atoms with E-state index in [4.69, 9.17) is 0 Å². The van der Waals surface area contributed by atoms with Crippen molar-refractivity contribution in [2.75, 3.05) is 0 Å². The molecule has 2 fully saturated rings. The largest absolute Gasteiger partial charge is 0.356 e. The van der Waals surface area contributed by atoms with Crippen molar-refractivity contribution in [1.82, 2.24) is 15.1 Å². The third kappa shape index (κ3) is 4.95. The Labute approximate surface area is 282 Å². The molecule has 0 bridgehead atoms. The minimum atomic E-state index is -0.00705. The number of nitriles is 1. The lowest BCUT2D eigenvalue weighted by molar-refractivity contribution is 0.0800. The van der Waals surface area contributed by atoms with Crippen LogP contribution in [0.3, 0.4) is 0 Å². The fourth-order valence-electron chi connectivity index (χ4n) is 11.3. The van der Waals surface area contributed by atoms with Gasteiger partial charge in [-0.1, -0.05) is 91.5 Å². The van der Waals surface area contributed by atoms with Gasteiger partial charge in [-0.25, -0.2) is 0 Å². The molecule has 1 N–H and O–H groups in total. The van der Waals surface area contributed by atoms with Crippen LogP contribution in [-0.2, 0) is 5.41 Å². The van der Waals surface area contributed by atoms with Gasteiger partial charge in [0, 0.05) is 29.3 Å². The van der Waals surface area contributed by atoms with Gasteiger partial charge in [0.15, 0.2) is 0 Å². The van der Waals surface area contributed by atoms with Gasteiger partial charge in [-0.15, -0.1) is 0 Å². The number of hydrogen-bond acceptors (Lipinski definition) is 4. The normalized spacial score (nSPS) is 41.7. The molecule has 0 aromatic heterocycles. The highest BCUT2D eigenvalue weighted by Gasteiger charge is 2.53. The molecule has 11 unspecified atom stereocenters. The summed E-state index contributed by atoms with van der Waals surface area (Å²) in [5.41, 5.74) is 3.69. The third-order valence-electron chi connectivity index (χ3n) is 13.4. The summed E-state index contributed by atoms with van der Waals surface area (Å²) in [6, 6.07) is 12.7. The van der Waals surface area contributed by atoms with E-state index in [0.717, 1.165) is 24.3 Å². The minimum absolute atomic E-state index is 0.00705. The Hall–Kier alpha value is -3.55. The Balaban J connectivity index is 1.12. The van der Waals surface area contributed by atoms with Gasteiger partial charge < -0.3 is 10.2 Å². The van der Waals surface area contributed by atoms with Crippen LogP contribution in [0, 0.1) is 40.9 Å². The maximum atomic E-state index is 9.43. The summed E-state index contributed by atoms with van der Waals surface area (Å²) in [7, 11) is 0. The fraction of sp³-hybridized carbons (Fsp3) is 0.512. The molecule has 3 aliphatic heterocycles. The smallest absolute Gasteiger partial charge is 0.100 e.